The van der Waals surface area contributed by atoms with Crippen LogP contribution in [0.25, 0.3) is 22.3 Å². The molecule has 0 saturated heterocycles. The van der Waals surface area contributed by atoms with Gasteiger partial charge in [0.25, 0.3) is 0 Å². The first-order valence-electron chi connectivity index (χ1n) is 21.8. The Bertz CT molecular complexity index is 1310. The second kappa shape index (κ2) is 28.4. The molecule has 0 spiro atoms. The Morgan fingerprint density at radius 1 is 0.442 bits per heavy atom. The van der Waals surface area contributed by atoms with E-state index in [4.69, 9.17) is 4.74 Å². The van der Waals surface area contributed by atoms with Gasteiger partial charge in [0.05, 0.1) is 0 Å². The summed E-state index contributed by atoms with van der Waals surface area (Å²) in [6.45, 7) is 4.57. The fourth-order valence-corrected chi connectivity index (χ4v) is 7.63. The minimum absolute atomic E-state index is 0.380. The third-order valence-corrected chi connectivity index (χ3v) is 10.9. The molecule has 0 heterocycles. The molecule has 3 aromatic rings. The smallest absolute Gasteiger partial charge is 0.449 e. The van der Waals surface area contributed by atoms with Gasteiger partial charge in [-0.2, -0.15) is 0 Å². The number of rotatable bonds is 31. The van der Waals surface area contributed by atoms with Crippen molar-refractivity contribution >= 4 is 6.16 Å². The van der Waals surface area contributed by atoms with E-state index in [0.29, 0.717) is 5.75 Å². The van der Waals surface area contributed by atoms with Crippen LogP contribution in [0.15, 0.2) is 66.7 Å². The first kappa shape index (κ1) is 43.3. The average molecular weight is 711 g/mol. The summed E-state index contributed by atoms with van der Waals surface area (Å²) in [6, 6.07) is 23.3. The van der Waals surface area contributed by atoms with Crippen molar-refractivity contribution in [2.75, 3.05) is 0 Å². The fourth-order valence-electron chi connectivity index (χ4n) is 7.63. The second-order valence-corrected chi connectivity index (χ2v) is 15.4. The largest absolute Gasteiger partial charge is 0.511 e. The molecule has 0 aliphatic heterocycles. The zero-order valence-electron chi connectivity index (χ0n) is 33.4. The van der Waals surface area contributed by atoms with Gasteiger partial charge in [-0.25, -0.2) is 4.79 Å². The summed E-state index contributed by atoms with van der Waals surface area (Å²) in [5.74, 6) is 0.380. The lowest BCUT2D eigenvalue weighted by molar-refractivity contribution is 0.144. The Balaban J connectivity index is 1.42. The van der Waals surface area contributed by atoms with Gasteiger partial charge in [0, 0.05) is 5.56 Å². The van der Waals surface area contributed by atoms with E-state index < -0.39 is 6.16 Å². The minimum Gasteiger partial charge on any atom is -0.449 e. The van der Waals surface area contributed by atoms with Gasteiger partial charge in [-0.05, 0) is 59.6 Å². The van der Waals surface area contributed by atoms with Crippen LogP contribution < -0.4 is 4.74 Å². The average Bonchev–Trinajstić information content (AvgIpc) is 3.15. The molecule has 0 radical (unpaired) electrons. The maximum Gasteiger partial charge on any atom is 0.511 e. The molecular weight excluding hydrogens is 637 g/mol. The summed E-state index contributed by atoms with van der Waals surface area (Å²) in [5, 5.41) is 9.52. The molecule has 0 bridgehead atoms. The number of hydrogen-bond donors (Lipinski definition) is 1. The molecule has 3 heteroatoms. The monoisotopic (exact) mass is 711 g/mol. The Hall–Kier alpha value is -3.07. The van der Waals surface area contributed by atoms with E-state index >= 15 is 0 Å². The van der Waals surface area contributed by atoms with Crippen LogP contribution >= 0.6 is 0 Å². The number of unbranched alkanes of at least 4 members (excludes halogenated alkanes) is 24. The molecule has 3 nitrogen and oxygen atoms in total. The van der Waals surface area contributed by atoms with Crippen LogP contribution in [-0.4, -0.2) is 11.3 Å². The van der Waals surface area contributed by atoms with E-state index in [1.807, 2.05) is 6.07 Å². The lowest BCUT2D eigenvalue weighted by atomic mass is 9.92. The number of ether oxygens (including phenoxy) is 1. The van der Waals surface area contributed by atoms with Crippen molar-refractivity contribution in [2.24, 2.45) is 0 Å². The number of aryl methyl sites for hydroxylation is 2. The topological polar surface area (TPSA) is 46.5 Å². The summed E-state index contributed by atoms with van der Waals surface area (Å²) in [7, 11) is 0. The van der Waals surface area contributed by atoms with Crippen LogP contribution in [0.3, 0.4) is 0 Å². The maximum absolute atomic E-state index is 11.6. The van der Waals surface area contributed by atoms with Crippen LogP contribution in [0, 0.1) is 0 Å². The van der Waals surface area contributed by atoms with Crippen molar-refractivity contribution in [3.8, 4) is 28.0 Å². The van der Waals surface area contributed by atoms with Crippen molar-refractivity contribution in [3.63, 3.8) is 0 Å². The fraction of sp³-hybridized carbons (Fsp3) is 0.612. The molecule has 0 aliphatic rings. The summed E-state index contributed by atoms with van der Waals surface area (Å²) in [6.07, 6.45) is 36.6. The zero-order valence-corrected chi connectivity index (χ0v) is 33.4. The van der Waals surface area contributed by atoms with Crippen molar-refractivity contribution < 1.29 is 14.6 Å². The van der Waals surface area contributed by atoms with Gasteiger partial charge >= 0.3 is 6.16 Å². The molecule has 0 aliphatic carbocycles. The highest BCUT2D eigenvalue weighted by molar-refractivity contribution is 5.88. The molecule has 1 N–H and O–H groups in total. The minimum atomic E-state index is -1.29. The number of carbonyl (C=O) groups is 1. The summed E-state index contributed by atoms with van der Waals surface area (Å²) in [5.41, 5.74) is 6.59. The van der Waals surface area contributed by atoms with Crippen LogP contribution in [0.4, 0.5) is 4.79 Å². The molecular formula is C49H74O3. The number of carboxylic acid groups (broad SMARTS) is 1. The molecule has 0 unspecified atom stereocenters. The Kier molecular flexibility index (Phi) is 23.7. The molecule has 52 heavy (non-hydrogen) atoms. The van der Waals surface area contributed by atoms with Crippen LogP contribution in [0.5, 0.6) is 5.75 Å². The molecule has 0 atom stereocenters. The lowest BCUT2D eigenvalue weighted by Gasteiger charge is -2.15. The normalized spacial score (nSPS) is 11.3. The third-order valence-electron chi connectivity index (χ3n) is 10.9. The Morgan fingerprint density at radius 2 is 0.788 bits per heavy atom. The quantitative estimate of drug-likeness (QED) is 0.0411. The standard InChI is InChI=1S/C49H74O3/c1-3-5-7-9-11-13-15-17-19-21-23-25-27-30-42-34-38-44(39-35-42)46-32-29-33-47(52-49(50)51)48(46)45-40-36-43(37-41-45)31-28-26-24-22-20-18-16-14-12-10-8-6-4-2/h29,32-41H,3-28,30-31H2,1-2H3,(H,50,51). The van der Waals surface area contributed by atoms with Gasteiger partial charge in [-0.3, -0.25) is 0 Å². The second-order valence-electron chi connectivity index (χ2n) is 15.4. The zero-order chi connectivity index (χ0) is 36.9. The van der Waals surface area contributed by atoms with Gasteiger partial charge in [-0.15, -0.1) is 0 Å². The van der Waals surface area contributed by atoms with Crippen LogP contribution in [0.1, 0.15) is 192 Å². The highest BCUT2D eigenvalue weighted by Gasteiger charge is 2.16. The highest BCUT2D eigenvalue weighted by Crippen LogP contribution is 2.40. The Morgan fingerprint density at radius 3 is 1.15 bits per heavy atom. The van der Waals surface area contributed by atoms with E-state index in [1.54, 1.807) is 6.07 Å². The van der Waals surface area contributed by atoms with Crippen molar-refractivity contribution in [1.29, 1.82) is 0 Å². The molecule has 288 valence electrons. The van der Waals surface area contributed by atoms with E-state index in [-0.39, 0.29) is 0 Å². The summed E-state index contributed by atoms with van der Waals surface area (Å²) >= 11 is 0. The predicted octanol–water partition coefficient (Wildman–Crippen LogP) is 16.3. The first-order chi connectivity index (χ1) is 25.6. The highest BCUT2D eigenvalue weighted by atomic mass is 16.7. The van der Waals surface area contributed by atoms with Crippen molar-refractivity contribution in [2.45, 2.75) is 194 Å². The summed E-state index contributed by atoms with van der Waals surface area (Å²) in [4.78, 5) is 11.6. The Labute approximate surface area is 319 Å². The molecule has 0 fully saturated rings. The molecule has 0 aromatic heterocycles. The SMILES string of the molecule is CCCCCCCCCCCCCCCc1ccc(-c2cccc(OC(=O)O)c2-c2ccc(CCCCCCCCCCCCCCC)cc2)cc1. The van der Waals surface area contributed by atoms with E-state index in [0.717, 1.165) is 35.1 Å². The maximum atomic E-state index is 11.6. The van der Waals surface area contributed by atoms with Gasteiger partial charge in [0.1, 0.15) is 5.75 Å². The van der Waals surface area contributed by atoms with Crippen molar-refractivity contribution in [1.82, 2.24) is 0 Å². The molecule has 3 rings (SSSR count). The number of benzene rings is 3. The van der Waals surface area contributed by atoms with E-state index in [1.165, 1.54) is 178 Å². The summed E-state index contributed by atoms with van der Waals surface area (Å²) < 4.78 is 5.32. The number of hydrogen-bond acceptors (Lipinski definition) is 2. The third kappa shape index (κ3) is 18.6. The molecule has 0 saturated carbocycles. The lowest BCUT2D eigenvalue weighted by Crippen LogP contribution is -2.04. The van der Waals surface area contributed by atoms with Gasteiger partial charge in [-0.1, -0.05) is 229 Å². The van der Waals surface area contributed by atoms with Crippen LogP contribution in [-0.2, 0) is 12.8 Å². The molecule has 3 aromatic carbocycles. The first-order valence-corrected chi connectivity index (χ1v) is 21.8. The predicted molar refractivity (Wildman–Crippen MR) is 225 cm³/mol. The van der Waals surface area contributed by atoms with Gasteiger partial charge < -0.3 is 9.84 Å². The van der Waals surface area contributed by atoms with Crippen molar-refractivity contribution in [3.05, 3.63) is 77.9 Å². The van der Waals surface area contributed by atoms with Gasteiger partial charge in [0.15, 0.2) is 0 Å². The van der Waals surface area contributed by atoms with E-state index in [2.05, 4.69) is 68.4 Å². The van der Waals surface area contributed by atoms with Gasteiger partial charge in [0.2, 0.25) is 0 Å². The molecule has 0 amide bonds. The van der Waals surface area contributed by atoms with E-state index in [9.17, 15) is 9.90 Å². The van der Waals surface area contributed by atoms with Crippen LogP contribution in [0.2, 0.25) is 0 Å².